The van der Waals surface area contributed by atoms with Crippen molar-refractivity contribution in [1.29, 1.82) is 0 Å². The van der Waals surface area contributed by atoms with E-state index in [-0.39, 0.29) is 0 Å². The molecular formula is C12H17N. The third-order valence-corrected chi connectivity index (χ3v) is 1.83. The standard InChI is InChI=1S/C12H17N/c1-13(2)11-7-6-10-12-8-4-3-5-9-12/h3-9H,10-11H2,1-2H3/b7-6+. The average molecular weight is 175 g/mol. The maximum Gasteiger partial charge on any atom is 0.0157 e. The first-order valence-corrected chi connectivity index (χ1v) is 4.62. The minimum atomic E-state index is 1.02. The van der Waals surface area contributed by atoms with Crippen molar-refractivity contribution in [2.45, 2.75) is 6.42 Å². The van der Waals surface area contributed by atoms with Crippen LogP contribution in [0.15, 0.2) is 42.5 Å². The summed E-state index contributed by atoms with van der Waals surface area (Å²) >= 11 is 0. The molecule has 0 atom stereocenters. The van der Waals surface area contributed by atoms with Gasteiger partial charge in [0.05, 0.1) is 0 Å². The van der Waals surface area contributed by atoms with Crippen LogP contribution in [0.2, 0.25) is 0 Å². The first-order valence-electron chi connectivity index (χ1n) is 4.62. The molecule has 1 heteroatoms. The quantitative estimate of drug-likeness (QED) is 0.635. The maximum absolute atomic E-state index is 2.22. The number of hydrogen-bond donors (Lipinski definition) is 0. The zero-order valence-electron chi connectivity index (χ0n) is 8.40. The summed E-state index contributed by atoms with van der Waals surface area (Å²) in [6.45, 7) is 1.02. The molecule has 0 aliphatic rings. The molecule has 0 amide bonds. The molecule has 0 fully saturated rings. The monoisotopic (exact) mass is 175 g/mol. The maximum atomic E-state index is 2.22. The van der Waals surface area contributed by atoms with E-state index in [1.165, 1.54) is 5.56 Å². The molecule has 0 aromatic heterocycles. The summed E-state index contributed by atoms with van der Waals surface area (Å²) in [6.07, 6.45) is 5.46. The molecule has 1 aromatic rings. The normalized spacial score (nSPS) is 11.3. The van der Waals surface area contributed by atoms with Crippen LogP contribution in [-0.2, 0) is 6.42 Å². The average Bonchev–Trinajstić information content (AvgIpc) is 2.14. The summed E-state index contributed by atoms with van der Waals surface area (Å²) in [4.78, 5) is 2.15. The fraction of sp³-hybridized carbons (Fsp3) is 0.333. The van der Waals surface area contributed by atoms with E-state index in [9.17, 15) is 0 Å². The summed E-state index contributed by atoms with van der Waals surface area (Å²) in [5, 5.41) is 0. The minimum absolute atomic E-state index is 1.02. The van der Waals surface area contributed by atoms with Crippen molar-refractivity contribution in [2.24, 2.45) is 0 Å². The van der Waals surface area contributed by atoms with Gasteiger partial charge in [0.2, 0.25) is 0 Å². The zero-order valence-corrected chi connectivity index (χ0v) is 8.40. The Morgan fingerprint density at radius 2 is 1.77 bits per heavy atom. The van der Waals surface area contributed by atoms with Crippen LogP contribution in [-0.4, -0.2) is 25.5 Å². The highest BCUT2D eigenvalue weighted by atomic mass is 15.0. The Kier molecular flexibility index (Phi) is 4.27. The SMILES string of the molecule is CN(C)C/C=C/Cc1ccccc1. The second-order valence-corrected chi connectivity index (χ2v) is 3.42. The lowest BCUT2D eigenvalue weighted by atomic mass is 10.1. The van der Waals surface area contributed by atoms with Crippen LogP contribution in [0.1, 0.15) is 5.56 Å². The molecular weight excluding hydrogens is 158 g/mol. The van der Waals surface area contributed by atoms with E-state index in [2.05, 4.69) is 55.4 Å². The van der Waals surface area contributed by atoms with Gasteiger partial charge in [-0.2, -0.15) is 0 Å². The Hall–Kier alpha value is -1.08. The molecule has 1 nitrogen and oxygen atoms in total. The van der Waals surface area contributed by atoms with Gasteiger partial charge >= 0.3 is 0 Å². The lowest BCUT2D eigenvalue weighted by Crippen LogP contribution is -2.10. The third kappa shape index (κ3) is 4.48. The molecule has 0 heterocycles. The number of benzene rings is 1. The minimum Gasteiger partial charge on any atom is -0.306 e. The molecule has 0 aliphatic heterocycles. The molecule has 0 spiro atoms. The highest BCUT2D eigenvalue weighted by molar-refractivity contribution is 5.17. The summed E-state index contributed by atoms with van der Waals surface area (Å²) in [5.41, 5.74) is 1.37. The lowest BCUT2D eigenvalue weighted by molar-refractivity contribution is 0.456. The Morgan fingerprint density at radius 1 is 1.08 bits per heavy atom. The van der Waals surface area contributed by atoms with E-state index in [0.717, 1.165) is 13.0 Å². The van der Waals surface area contributed by atoms with Crippen molar-refractivity contribution in [3.63, 3.8) is 0 Å². The van der Waals surface area contributed by atoms with Gasteiger partial charge in [-0.25, -0.2) is 0 Å². The molecule has 0 unspecified atom stereocenters. The van der Waals surface area contributed by atoms with Crippen molar-refractivity contribution < 1.29 is 0 Å². The first-order chi connectivity index (χ1) is 6.29. The Bertz CT molecular complexity index is 249. The van der Waals surface area contributed by atoms with Gasteiger partial charge in [0, 0.05) is 6.54 Å². The fourth-order valence-electron chi connectivity index (χ4n) is 1.12. The van der Waals surface area contributed by atoms with Gasteiger partial charge in [0.15, 0.2) is 0 Å². The van der Waals surface area contributed by atoms with Crippen molar-refractivity contribution in [3.8, 4) is 0 Å². The lowest BCUT2D eigenvalue weighted by Gasteiger charge is -2.03. The highest BCUT2D eigenvalue weighted by Crippen LogP contribution is 1.99. The van der Waals surface area contributed by atoms with Crippen LogP contribution in [0.4, 0.5) is 0 Å². The molecule has 0 saturated carbocycles. The van der Waals surface area contributed by atoms with Crippen LogP contribution >= 0.6 is 0 Å². The van der Waals surface area contributed by atoms with Crippen LogP contribution in [0, 0.1) is 0 Å². The largest absolute Gasteiger partial charge is 0.306 e. The summed E-state index contributed by atoms with van der Waals surface area (Å²) < 4.78 is 0. The van der Waals surface area contributed by atoms with Gasteiger partial charge in [-0.3, -0.25) is 0 Å². The van der Waals surface area contributed by atoms with Crippen LogP contribution in [0.5, 0.6) is 0 Å². The first kappa shape index (κ1) is 10.0. The number of rotatable bonds is 4. The molecule has 0 saturated heterocycles. The molecule has 1 rings (SSSR count). The number of nitrogens with zero attached hydrogens (tertiary/aromatic N) is 1. The van der Waals surface area contributed by atoms with Gasteiger partial charge in [-0.1, -0.05) is 42.5 Å². The second kappa shape index (κ2) is 5.55. The van der Waals surface area contributed by atoms with Crippen LogP contribution < -0.4 is 0 Å². The van der Waals surface area contributed by atoms with Crippen molar-refractivity contribution in [2.75, 3.05) is 20.6 Å². The smallest absolute Gasteiger partial charge is 0.0157 e. The molecule has 0 aliphatic carbocycles. The predicted molar refractivity (Wildman–Crippen MR) is 57.8 cm³/mol. The topological polar surface area (TPSA) is 3.24 Å². The van der Waals surface area contributed by atoms with Crippen molar-refractivity contribution in [3.05, 3.63) is 48.0 Å². The molecule has 0 N–H and O–H groups in total. The fourth-order valence-corrected chi connectivity index (χ4v) is 1.12. The number of hydrogen-bond acceptors (Lipinski definition) is 1. The number of likely N-dealkylation sites (N-methyl/N-ethyl adjacent to an activating group) is 1. The number of allylic oxidation sites excluding steroid dienone is 1. The van der Waals surface area contributed by atoms with Gasteiger partial charge < -0.3 is 4.90 Å². The van der Waals surface area contributed by atoms with E-state index < -0.39 is 0 Å². The zero-order chi connectivity index (χ0) is 9.52. The molecule has 0 bridgehead atoms. The van der Waals surface area contributed by atoms with Gasteiger partial charge in [0.25, 0.3) is 0 Å². The van der Waals surface area contributed by atoms with Crippen molar-refractivity contribution in [1.82, 2.24) is 4.90 Å². The molecule has 70 valence electrons. The van der Waals surface area contributed by atoms with Gasteiger partial charge in [-0.05, 0) is 26.1 Å². The van der Waals surface area contributed by atoms with Crippen LogP contribution in [0.25, 0.3) is 0 Å². The molecule has 1 aromatic carbocycles. The van der Waals surface area contributed by atoms with E-state index in [1.807, 2.05) is 6.07 Å². The Labute approximate surface area is 80.7 Å². The molecule has 13 heavy (non-hydrogen) atoms. The van der Waals surface area contributed by atoms with E-state index in [1.54, 1.807) is 0 Å². The van der Waals surface area contributed by atoms with E-state index in [0.29, 0.717) is 0 Å². The van der Waals surface area contributed by atoms with E-state index in [4.69, 9.17) is 0 Å². The summed E-state index contributed by atoms with van der Waals surface area (Å²) in [7, 11) is 4.15. The van der Waals surface area contributed by atoms with Crippen LogP contribution in [0.3, 0.4) is 0 Å². The van der Waals surface area contributed by atoms with E-state index >= 15 is 0 Å². The highest BCUT2D eigenvalue weighted by Gasteiger charge is 1.86. The summed E-state index contributed by atoms with van der Waals surface area (Å²) in [6, 6.07) is 10.5. The molecule has 0 radical (unpaired) electrons. The Balaban J connectivity index is 2.31. The third-order valence-electron chi connectivity index (χ3n) is 1.83. The van der Waals surface area contributed by atoms with Crippen molar-refractivity contribution >= 4 is 0 Å². The summed E-state index contributed by atoms with van der Waals surface area (Å²) in [5.74, 6) is 0. The van der Waals surface area contributed by atoms with Gasteiger partial charge in [0.1, 0.15) is 0 Å². The predicted octanol–water partition coefficient (Wildman–Crippen LogP) is 2.35. The Morgan fingerprint density at radius 3 is 2.38 bits per heavy atom. The van der Waals surface area contributed by atoms with Gasteiger partial charge in [-0.15, -0.1) is 0 Å². The second-order valence-electron chi connectivity index (χ2n) is 3.42.